The van der Waals surface area contributed by atoms with Crippen molar-refractivity contribution in [1.29, 1.82) is 0 Å². The predicted molar refractivity (Wildman–Crippen MR) is 98.6 cm³/mol. The summed E-state index contributed by atoms with van der Waals surface area (Å²) in [6.45, 7) is 4.23. The van der Waals surface area contributed by atoms with Crippen molar-refractivity contribution in [2.75, 3.05) is 13.2 Å². The molecule has 0 amide bonds. The minimum atomic E-state index is -4.35. The van der Waals surface area contributed by atoms with Gasteiger partial charge in [-0.25, -0.2) is 4.99 Å². The molecule has 0 fully saturated rings. The van der Waals surface area contributed by atoms with Gasteiger partial charge in [0.1, 0.15) is 5.75 Å². The molecule has 1 aromatic heterocycles. The Morgan fingerprint density at radius 3 is 2.48 bits per heavy atom. The number of alkyl halides is 3. The number of aliphatic imine (C=N–C) groups is 1. The lowest BCUT2D eigenvalue weighted by atomic mass is 10.2. The van der Waals surface area contributed by atoms with Crippen LogP contribution in [0, 0.1) is 6.92 Å². The highest BCUT2D eigenvalue weighted by atomic mass is 19.4. The molecule has 2 aromatic rings. The van der Waals surface area contributed by atoms with Crippen molar-refractivity contribution in [3.05, 3.63) is 59.4 Å². The molecule has 0 saturated heterocycles. The van der Waals surface area contributed by atoms with Gasteiger partial charge in [-0.1, -0.05) is 18.2 Å². The van der Waals surface area contributed by atoms with E-state index >= 15 is 0 Å². The molecule has 0 aliphatic heterocycles. The van der Waals surface area contributed by atoms with Gasteiger partial charge in [0.25, 0.3) is 0 Å². The predicted octanol–water partition coefficient (Wildman–Crippen LogP) is 3.59. The van der Waals surface area contributed by atoms with Crippen LogP contribution >= 0.6 is 0 Å². The van der Waals surface area contributed by atoms with Crippen molar-refractivity contribution in [3.63, 3.8) is 0 Å². The maximum Gasteiger partial charge on any atom is 0.422 e. The van der Waals surface area contributed by atoms with Gasteiger partial charge in [-0.15, -0.1) is 0 Å². The van der Waals surface area contributed by atoms with Gasteiger partial charge in [0.2, 0.25) is 0 Å². The van der Waals surface area contributed by atoms with Crippen LogP contribution < -0.4 is 15.4 Å². The number of benzene rings is 1. The fraction of sp³-hybridized carbons (Fsp3) is 0.368. The summed E-state index contributed by atoms with van der Waals surface area (Å²) in [5.74, 6) is 0.814. The molecule has 0 radical (unpaired) electrons. The Morgan fingerprint density at radius 2 is 1.85 bits per heavy atom. The number of nitrogens with one attached hydrogen (secondary N) is 2. The quantitative estimate of drug-likeness (QED) is 0.569. The summed E-state index contributed by atoms with van der Waals surface area (Å²) in [6.07, 6.45) is -4.35. The minimum absolute atomic E-state index is 0.176. The molecule has 2 N–H and O–H groups in total. The second kappa shape index (κ2) is 9.80. The Hall–Kier alpha value is -2.77. The Labute approximate surface area is 156 Å². The third-order valence-electron chi connectivity index (χ3n) is 3.47. The van der Waals surface area contributed by atoms with Crippen LogP contribution in [0.3, 0.4) is 0 Å². The van der Waals surface area contributed by atoms with Crippen molar-refractivity contribution >= 4 is 5.96 Å². The Morgan fingerprint density at radius 1 is 1.11 bits per heavy atom. The largest absolute Gasteiger partial charge is 0.484 e. The maximum absolute atomic E-state index is 12.2. The number of hydrogen-bond acceptors (Lipinski definition) is 3. The molecule has 5 nitrogen and oxygen atoms in total. The van der Waals surface area contributed by atoms with Crippen molar-refractivity contribution in [2.24, 2.45) is 4.99 Å². The first kappa shape index (κ1) is 20.5. The van der Waals surface area contributed by atoms with Crippen LogP contribution in [0.4, 0.5) is 13.2 Å². The maximum atomic E-state index is 12.2. The Balaban J connectivity index is 1.91. The molecule has 0 atom stereocenters. The second-order valence-corrected chi connectivity index (χ2v) is 5.87. The van der Waals surface area contributed by atoms with Crippen molar-refractivity contribution in [3.8, 4) is 5.75 Å². The zero-order valence-electron chi connectivity index (χ0n) is 15.3. The summed E-state index contributed by atoms with van der Waals surface area (Å²) in [6, 6.07) is 12.2. The summed E-state index contributed by atoms with van der Waals surface area (Å²) in [5, 5.41) is 6.36. The fourth-order valence-electron chi connectivity index (χ4n) is 2.24. The highest BCUT2D eigenvalue weighted by Crippen LogP contribution is 2.19. The van der Waals surface area contributed by atoms with Crippen LogP contribution in [0.15, 0.2) is 47.5 Å². The molecule has 0 aliphatic rings. The highest BCUT2D eigenvalue weighted by Gasteiger charge is 2.28. The number of ether oxygens (including phenoxy) is 1. The van der Waals surface area contributed by atoms with Crippen LogP contribution in [0.25, 0.3) is 0 Å². The first-order chi connectivity index (χ1) is 12.9. The van der Waals surface area contributed by atoms with Gasteiger partial charge < -0.3 is 15.4 Å². The van der Waals surface area contributed by atoms with E-state index in [1.807, 2.05) is 32.0 Å². The summed E-state index contributed by atoms with van der Waals surface area (Å²) < 4.78 is 41.2. The number of hydrogen-bond donors (Lipinski definition) is 2. The zero-order chi connectivity index (χ0) is 19.7. The molecule has 27 heavy (non-hydrogen) atoms. The molecule has 8 heteroatoms. The van der Waals surface area contributed by atoms with E-state index in [9.17, 15) is 13.2 Å². The molecular weight excluding hydrogens is 357 g/mol. The molecule has 0 aliphatic carbocycles. The molecule has 2 rings (SSSR count). The summed E-state index contributed by atoms with van der Waals surface area (Å²) >= 11 is 0. The number of rotatable bonds is 7. The number of halogens is 3. The lowest BCUT2D eigenvalue weighted by Gasteiger charge is -2.12. The van der Waals surface area contributed by atoms with E-state index in [4.69, 9.17) is 4.74 Å². The van der Waals surface area contributed by atoms with Crippen LogP contribution in [0.1, 0.15) is 23.9 Å². The highest BCUT2D eigenvalue weighted by molar-refractivity contribution is 5.79. The summed E-state index contributed by atoms with van der Waals surface area (Å²) in [5.41, 5.74) is 2.72. The van der Waals surface area contributed by atoms with E-state index in [-0.39, 0.29) is 5.75 Å². The van der Waals surface area contributed by atoms with E-state index in [2.05, 4.69) is 20.6 Å². The first-order valence-corrected chi connectivity index (χ1v) is 8.59. The summed E-state index contributed by atoms with van der Waals surface area (Å²) in [7, 11) is 0. The molecule has 0 saturated carbocycles. The molecule has 146 valence electrons. The van der Waals surface area contributed by atoms with Crippen LogP contribution in [0.5, 0.6) is 5.75 Å². The smallest absolute Gasteiger partial charge is 0.422 e. The van der Waals surface area contributed by atoms with E-state index < -0.39 is 12.8 Å². The van der Waals surface area contributed by atoms with Crippen molar-refractivity contribution in [2.45, 2.75) is 33.1 Å². The third kappa shape index (κ3) is 7.98. The number of guanidine groups is 1. The Bertz CT molecular complexity index is 745. The monoisotopic (exact) mass is 380 g/mol. The molecule has 0 unspecified atom stereocenters. The molecule has 0 bridgehead atoms. The van der Waals surface area contributed by atoms with Gasteiger partial charge in [-0.2, -0.15) is 13.2 Å². The standard InChI is InChI=1S/C19H23F3N4O/c1-3-23-18(25-12-16-6-4-5-14(2)26-16)24-11-15-7-9-17(10-8-15)27-13-19(20,21)22/h4-10H,3,11-13H2,1-2H3,(H2,23,24,25). The molecule has 1 heterocycles. The van der Waals surface area contributed by atoms with E-state index in [1.165, 1.54) is 12.1 Å². The fourth-order valence-corrected chi connectivity index (χ4v) is 2.24. The van der Waals surface area contributed by atoms with Crippen LogP contribution in [0.2, 0.25) is 0 Å². The van der Waals surface area contributed by atoms with E-state index in [0.29, 0.717) is 25.6 Å². The topological polar surface area (TPSA) is 58.5 Å². The van der Waals surface area contributed by atoms with Crippen molar-refractivity contribution in [1.82, 2.24) is 15.6 Å². The number of pyridine rings is 1. The van der Waals surface area contributed by atoms with Gasteiger partial charge in [-0.05, 0) is 43.7 Å². The molecular formula is C19H23F3N4O. The minimum Gasteiger partial charge on any atom is -0.484 e. The van der Waals surface area contributed by atoms with Gasteiger partial charge >= 0.3 is 6.18 Å². The lowest BCUT2D eigenvalue weighted by Crippen LogP contribution is -2.37. The average Bonchev–Trinajstić information content (AvgIpc) is 2.62. The third-order valence-corrected chi connectivity index (χ3v) is 3.47. The first-order valence-electron chi connectivity index (χ1n) is 8.59. The van der Waals surface area contributed by atoms with Crippen molar-refractivity contribution < 1.29 is 17.9 Å². The number of aryl methyl sites for hydroxylation is 1. The van der Waals surface area contributed by atoms with Crippen LogP contribution in [-0.2, 0) is 13.1 Å². The van der Waals surface area contributed by atoms with Gasteiger partial charge in [0.05, 0.1) is 18.8 Å². The SMILES string of the molecule is CCNC(=NCc1ccc(OCC(F)(F)F)cc1)NCc1cccc(C)n1. The normalized spacial score (nSPS) is 12.0. The van der Waals surface area contributed by atoms with Gasteiger partial charge in [0.15, 0.2) is 12.6 Å². The number of nitrogens with zero attached hydrogens (tertiary/aromatic N) is 2. The lowest BCUT2D eigenvalue weighted by molar-refractivity contribution is -0.153. The van der Waals surface area contributed by atoms with Gasteiger partial charge in [0, 0.05) is 12.2 Å². The number of aromatic nitrogens is 1. The zero-order valence-corrected chi connectivity index (χ0v) is 15.3. The van der Waals surface area contributed by atoms with Gasteiger partial charge in [-0.3, -0.25) is 4.98 Å². The van der Waals surface area contributed by atoms with Crippen LogP contribution in [-0.4, -0.2) is 30.3 Å². The summed E-state index contributed by atoms with van der Waals surface area (Å²) in [4.78, 5) is 8.91. The molecule has 1 aromatic carbocycles. The second-order valence-electron chi connectivity index (χ2n) is 5.87. The average molecular weight is 380 g/mol. The van der Waals surface area contributed by atoms with E-state index in [1.54, 1.807) is 12.1 Å². The van der Waals surface area contributed by atoms with E-state index in [0.717, 1.165) is 17.0 Å². The Kier molecular flexibility index (Phi) is 7.45. The molecule has 0 spiro atoms.